The minimum Gasteiger partial charge on any atom is -0.387 e. The summed E-state index contributed by atoms with van der Waals surface area (Å²) >= 11 is 0. The van der Waals surface area contributed by atoms with Gasteiger partial charge in [0, 0.05) is 18.3 Å². The molecule has 0 spiro atoms. The smallest absolute Gasteiger partial charge is 0.128 e. The third kappa shape index (κ3) is 5.83. The summed E-state index contributed by atoms with van der Waals surface area (Å²) < 4.78 is 0. The van der Waals surface area contributed by atoms with Gasteiger partial charge in [0.1, 0.15) is 11.5 Å². The zero-order valence-corrected chi connectivity index (χ0v) is 16.7. The number of fused-ring (bicyclic) bond motifs is 1. The Morgan fingerprint density at radius 1 is 1.29 bits per heavy atom. The minimum atomic E-state index is 0.193. The first kappa shape index (κ1) is 20.9. The van der Waals surface area contributed by atoms with Crippen molar-refractivity contribution in [2.45, 2.75) is 20.8 Å². The molecule has 0 radical (unpaired) electrons. The predicted octanol–water partition coefficient (Wildman–Crippen LogP) is 2.91. The van der Waals surface area contributed by atoms with Gasteiger partial charge in [0.05, 0.1) is 24.6 Å². The molecule has 2 aliphatic rings. The van der Waals surface area contributed by atoms with Crippen LogP contribution in [0.15, 0.2) is 92.0 Å². The zero-order valence-electron chi connectivity index (χ0n) is 16.7. The number of hydrogen-bond donors (Lipinski definition) is 3. The van der Waals surface area contributed by atoms with Crippen LogP contribution in [0.5, 0.6) is 0 Å². The molecule has 0 unspecified atom stereocenters. The summed E-state index contributed by atoms with van der Waals surface area (Å²) in [5, 5.41) is 3.20. The van der Waals surface area contributed by atoms with Gasteiger partial charge in [-0.1, -0.05) is 32.2 Å². The van der Waals surface area contributed by atoms with E-state index in [0.717, 1.165) is 28.1 Å². The third-order valence-electron chi connectivity index (χ3n) is 4.34. The lowest BCUT2D eigenvalue weighted by atomic mass is 10.0. The summed E-state index contributed by atoms with van der Waals surface area (Å²) in [7, 11) is 0. The quantitative estimate of drug-likeness (QED) is 0.362. The number of nitrogens with one attached hydrogen (secondary N) is 1. The molecule has 2 rings (SSSR count). The van der Waals surface area contributed by atoms with Crippen molar-refractivity contribution in [1.82, 2.24) is 5.32 Å². The van der Waals surface area contributed by atoms with Crippen LogP contribution in [0.2, 0.25) is 0 Å². The molecule has 0 aromatic rings. The average molecular weight is 377 g/mol. The summed E-state index contributed by atoms with van der Waals surface area (Å²) in [6, 6.07) is 0. The van der Waals surface area contributed by atoms with Gasteiger partial charge in [-0.15, -0.1) is 0 Å². The highest BCUT2D eigenvalue weighted by atomic mass is 14.9. The second-order valence-corrected chi connectivity index (χ2v) is 6.69. The summed E-state index contributed by atoms with van der Waals surface area (Å²) in [6.07, 6.45) is 12.9. The van der Waals surface area contributed by atoms with E-state index in [-0.39, 0.29) is 5.92 Å². The van der Waals surface area contributed by atoms with Crippen molar-refractivity contribution < 1.29 is 0 Å². The fourth-order valence-electron chi connectivity index (χ4n) is 2.39. The van der Waals surface area contributed by atoms with Gasteiger partial charge in [-0.05, 0) is 47.9 Å². The summed E-state index contributed by atoms with van der Waals surface area (Å²) in [6.45, 7) is 10.6. The number of nitrogens with two attached hydrogens (primary N) is 2. The van der Waals surface area contributed by atoms with Gasteiger partial charge in [0.25, 0.3) is 0 Å². The van der Waals surface area contributed by atoms with E-state index in [1.54, 1.807) is 6.21 Å². The van der Waals surface area contributed by atoms with Crippen LogP contribution in [0.4, 0.5) is 0 Å². The van der Waals surface area contributed by atoms with Crippen molar-refractivity contribution in [1.29, 1.82) is 0 Å². The van der Waals surface area contributed by atoms with Crippen LogP contribution in [0.1, 0.15) is 20.8 Å². The van der Waals surface area contributed by atoms with Crippen LogP contribution in [-0.2, 0) is 0 Å². The number of hydrogen-bond acceptors (Lipinski definition) is 4. The summed E-state index contributed by atoms with van der Waals surface area (Å²) in [5.74, 6) is 1.21. The van der Waals surface area contributed by atoms with Crippen molar-refractivity contribution in [3.63, 3.8) is 0 Å². The molecule has 0 amide bonds. The molecule has 1 heterocycles. The first-order valence-electron chi connectivity index (χ1n) is 9.18. The lowest BCUT2D eigenvalue weighted by molar-refractivity contribution is 0.858. The molecule has 0 saturated carbocycles. The molecule has 1 aliphatic carbocycles. The second kappa shape index (κ2) is 10.1. The summed E-state index contributed by atoms with van der Waals surface area (Å²) in [4.78, 5) is 13.3. The molecule has 0 aromatic heterocycles. The number of rotatable bonds is 7. The lowest BCUT2D eigenvalue weighted by Crippen LogP contribution is -2.20. The fraction of sp³-hybridized carbons (Fsp3) is 0.273. The van der Waals surface area contributed by atoms with E-state index < -0.39 is 0 Å². The molecule has 0 bridgehead atoms. The number of aliphatic imine (C=N–C) groups is 3. The Morgan fingerprint density at radius 3 is 2.75 bits per heavy atom. The zero-order chi connectivity index (χ0) is 20.5. The van der Waals surface area contributed by atoms with Crippen molar-refractivity contribution in [2.24, 2.45) is 32.4 Å². The molecule has 1 aliphatic heterocycles. The monoisotopic (exact) mass is 376 g/mol. The maximum absolute atomic E-state index is 6.02. The number of amidine groups is 2. The van der Waals surface area contributed by atoms with E-state index in [0.29, 0.717) is 24.8 Å². The van der Waals surface area contributed by atoms with Crippen molar-refractivity contribution in [3.05, 3.63) is 77.0 Å². The molecule has 0 saturated heterocycles. The molecule has 0 fully saturated rings. The molecule has 6 heteroatoms. The highest BCUT2D eigenvalue weighted by Crippen LogP contribution is 2.21. The van der Waals surface area contributed by atoms with Gasteiger partial charge in [0.2, 0.25) is 0 Å². The Bertz CT molecular complexity index is 897. The Hall–Kier alpha value is -3.37. The lowest BCUT2D eigenvalue weighted by Gasteiger charge is -2.11. The van der Waals surface area contributed by atoms with Gasteiger partial charge in [-0.25, -0.2) is 4.99 Å². The standard InChI is InChI=1S/C22H28N6/c1-5-21(23)27-13-18(14-28-22(24)15(2)3)16(4)17-7-9-19-20(10-8-17)26-12-6-11-25-19/h5-9,11-12,15,25H,1,13-14H2,2-4H3,(H2,23,27)(H2,24,28)/b18-16+. The van der Waals surface area contributed by atoms with Gasteiger partial charge < -0.3 is 16.8 Å². The molecular weight excluding hydrogens is 348 g/mol. The van der Waals surface area contributed by atoms with Gasteiger partial charge in [-0.2, -0.15) is 0 Å². The first-order valence-corrected chi connectivity index (χ1v) is 9.18. The topological polar surface area (TPSA) is 101 Å². The van der Waals surface area contributed by atoms with Crippen LogP contribution >= 0.6 is 0 Å². The van der Waals surface area contributed by atoms with Crippen LogP contribution in [0.25, 0.3) is 0 Å². The first-order chi connectivity index (χ1) is 13.4. The molecule has 146 valence electrons. The number of allylic oxidation sites excluding steroid dienone is 5. The van der Waals surface area contributed by atoms with Crippen LogP contribution in [0.3, 0.4) is 0 Å². The molecule has 28 heavy (non-hydrogen) atoms. The Morgan fingerprint density at radius 2 is 2.04 bits per heavy atom. The molecule has 5 N–H and O–H groups in total. The van der Waals surface area contributed by atoms with E-state index in [2.05, 4.69) is 32.6 Å². The van der Waals surface area contributed by atoms with E-state index in [1.807, 2.05) is 51.3 Å². The van der Waals surface area contributed by atoms with Crippen molar-refractivity contribution in [2.75, 3.05) is 13.1 Å². The largest absolute Gasteiger partial charge is 0.387 e. The van der Waals surface area contributed by atoms with E-state index in [1.165, 1.54) is 6.08 Å². The minimum absolute atomic E-state index is 0.193. The molecule has 6 nitrogen and oxygen atoms in total. The molecule has 0 aromatic carbocycles. The van der Waals surface area contributed by atoms with Crippen LogP contribution < -0.4 is 16.8 Å². The SMILES string of the molecule is C=C/C(N)=N\C/C(C/N=C(\N)C(C)C)=C(/C)C1=CC=C2NC=CC=NC2=C=C1. The average Bonchev–Trinajstić information content (AvgIpc) is 3.02. The van der Waals surface area contributed by atoms with Gasteiger partial charge in [-0.3, -0.25) is 9.98 Å². The summed E-state index contributed by atoms with van der Waals surface area (Å²) in [5.41, 5.74) is 19.8. The Kier molecular flexibility index (Phi) is 7.55. The Labute approximate surface area is 166 Å². The molecule has 0 atom stereocenters. The van der Waals surface area contributed by atoms with Crippen molar-refractivity contribution >= 4 is 17.9 Å². The van der Waals surface area contributed by atoms with E-state index >= 15 is 0 Å². The van der Waals surface area contributed by atoms with E-state index in [9.17, 15) is 0 Å². The maximum atomic E-state index is 6.02. The normalized spacial score (nSPS) is 17.6. The Balaban J connectivity index is 2.42. The highest BCUT2D eigenvalue weighted by Gasteiger charge is 2.10. The van der Waals surface area contributed by atoms with Crippen LogP contribution in [-0.4, -0.2) is 31.0 Å². The van der Waals surface area contributed by atoms with Crippen LogP contribution in [0, 0.1) is 5.92 Å². The number of nitrogens with zero attached hydrogens (tertiary/aromatic N) is 3. The highest BCUT2D eigenvalue weighted by molar-refractivity contribution is 5.90. The fourth-order valence-corrected chi connectivity index (χ4v) is 2.39. The van der Waals surface area contributed by atoms with Gasteiger partial charge >= 0.3 is 0 Å². The maximum Gasteiger partial charge on any atom is 0.128 e. The van der Waals surface area contributed by atoms with Gasteiger partial charge in [0.15, 0.2) is 0 Å². The molecular formula is C22H28N6. The third-order valence-corrected chi connectivity index (χ3v) is 4.34. The second-order valence-electron chi connectivity index (χ2n) is 6.69. The van der Waals surface area contributed by atoms with E-state index in [4.69, 9.17) is 11.5 Å². The van der Waals surface area contributed by atoms with Crippen molar-refractivity contribution in [3.8, 4) is 0 Å². The predicted molar refractivity (Wildman–Crippen MR) is 119 cm³/mol.